The number of rotatable bonds is 6. The van der Waals surface area contributed by atoms with Gasteiger partial charge in [0.15, 0.2) is 5.84 Å². The van der Waals surface area contributed by atoms with Gasteiger partial charge in [0.1, 0.15) is 16.5 Å². The fourth-order valence-electron chi connectivity index (χ4n) is 4.59. The van der Waals surface area contributed by atoms with E-state index in [2.05, 4.69) is 10.1 Å². The van der Waals surface area contributed by atoms with Crippen molar-refractivity contribution in [2.75, 3.05) is 40.5 Å². The fraction of sp³-hybridized carbons (Fsp3) is 0.346. The van der Waals surface area contributed by atoms with Gasteiger partial charge in [-0.2, -0.15) is 15.1 Å². The van der Waals surface area contributed by atoms with Crippen LogP contribution in [-0.4, -0.2) is 82.9 Å². The summed E-state index contributed by atoms with van der Waals surface area (Å²) < 4.78 is 18.3. The molecule has 0 spiro atoms. The van der Waals surface area contributed by atoms with Crippen LogP contribution in [0, 0.1) is 19.3 Å². The van der Waals surface area contributed by atoms with Crippen molar-refractivity contribution in [2.45, 2.75) is 20.3 Å². The highest BCUT2D eigenvalue weighted by Crippen LogP contribution is 2.34. The van der Waals surface area contributed by atoms with Gasteiger partial charge >= 0.3 is 0 Å². The van der Waals surface area contributed by atoms with Crippen LogP contribution in [0.15, 0.2) is 39.9 Å². The Labute approximate surface area is 224 Å². The van der Waals surface area contributed by atoms with Crippen molar-refractivity contribution >= 4 is 45.7 Å². The number of nitrogens with one attached hydrogen (secondary N) is 1. The molecule has 0 atom stereocenters. The summed E-state index contributed by atoms with van der Waals surface area (Å²) in [4.78, 5) is 31.5. The van der Waals surface area contributed by atoms with Crippen LogP contribution < -0.4 is 9.47 Å². The third-order valence-corrected chi connectivity index (χ3v) is 7.47. The van der Waals surface area contributed by atoms with Gasteiger partial charge in [-0.3, -0.25) is 15.0 Å². The van der Waals surface area contributed by atoms with Gasteiger partial charge in [-0.15, -0.1) is 0 Å². The van der Waals surface area contributed by atoms with E-state index < -0.39 is 5.91 Å². The van der Waals surface area contributed by atoms with Gasteiger partial charge in [-0.1, -0.05) is 0 Å². The van der Waals surface area contributed by atoms with Gasteiger partial charge in [-0.25, -0.2) is 0 Å². The number of carbonyl (C=O) groups excluding carboxylic acids is 2. The number of methoxy groups -OCH3 is 2. The number of ether oxygens (including phenoxy) is 3. The quantitative estimate of drug-likeness (QED) is 0.564. The number of hydrogen-bond donors (Lipinski definition) is 1. The topological polar surface area (TPSA) is 122 Å². The molecule has 2 aromatic rings. The van der Waals surface area contributed by atoms with E-state index in [0.717, 1.165) is 34.4 Å². The summed E-state index contributed by atoms with van der Waals surface area (Å²) in [6, 6.07) is 7.49. The summed E-state index contributed by atoms with van der Waals surface area (Å²) in [6.07, 6.45) is 1.75. The Kier molecular flexibility index (Phi) is 7.09. The molecule has 1 N–H and O–H groups in total. The molecule has 0 unspecified atom stereocenters. The maximum atomic E-state index is 13.0. The number of aryl methyl sites for hydroxylation is 1. The van der Waals surface area contributed by atoms with Crippen molar-refractivity contribution in [3.63, 3.8) is 0 Å². The number of morpholine rings is 1. The normalized spacial score (nSPS) is 18.5. The zero-order valence-corrected chi connectivity index (χ0v) is 22.4. The first-order valence-electron chi connectivity index (χ1n) is 12.1. The lowest BCUT2D eigenvalue weighted by molar-refractivity contribution is -0.133. The van der Waals surface area contributed by atoms with Crippen molar-refractivity contribution in [3.05, 3.63) is 46.8 Å². The average molecular weight is 537 g/mol. The number of amidine groups is 2. The van der Waals surface area contributed by atoms with Gasteiger partial charge < -0.3 is 23.7 Å². The molecule has 38 heavy (non-hydrogen) atoms. The number of thioether (sulfide) groups is 1. The molecular formula is C26H28N6O5S. The molecule has 3 aliphatic rings. The largest absolute Gasteiger partial charge is 0.497 e. The van der Waals surface area contributed by atoms with E-state index >= 15 is 0 Å². The van der Waals surface area contributed by atoms with Crippen molar-refractivity contribution in [1.29, 1.82) is 5.41 Å². The Balaban J connectivity index is 1.42. The molecule has 0 bridgehead atoms. The predicted molar refractivity (Wildman–Crippen MR) is 145 cm³/mol. The lowest BCUT2D eigenvalue weighted by atomic mass is 10.1. The zero-order chi connectivity index (χ0) is 27.0. The molecule has 12 heteroatoms. The highest BCUT2D eigenvalue weighted by molar-refractivity contribution is 8.27. The summed E-state index contributed by atoms with van der Waals surface area (Å²) in [6.45, 7) is 6.01. The van der Waals surface area contributed by atoms with Crippen LogP contribution in [-0.2, 0) is 14.3 Å². The van der Waals surface area contributed by atoms with E-state index in [4.69, 9.17) is 19.6 Å². The van der Waals surface area contributed by atoms with E-state index in [1.165, 1.54) is 5.01 Å². The maximum absolute atomic E-state index is 13.0. The minimum absolute atomic E-state index is 0.0611. The smallest absolute Gasteiger partial charge is 0.283 e. The van der Waals surface area contributed by atoms with Gasteiger partial charge in [0.2, 0.25) is 11.1 Å². The molecule has 0 aliphatic carbocycles. The van der Waals surface area contributed by atoms with E-state index in [-0.39, 0.29) is 28.9 Å². The molecule has 1 aromatic heterocycles. The summed E-state index contributed by atoms with van der Waals surface area (Å²) in [7, 11) is 3.21. The summed E-state index contributed by atoms with van der Waals surface area (Å²) in [5.74, 6) is 0.698. The second-order valence-electron chi connectivity index (χ2n) is 8.88. The molecule has 0 saturated carbocycles. The Morgan fingerprint density at radius 2 is 1.95 bits per heavy atom. The van der Waals surface area contributed by atoms with Crippen LogP contribution in [0.3, 0.4) is 0 Å². The Hall–Kier alpha value is -3.90. The van der Waals surface area contributed by atoms with Crippen molar-refractivity contribution in [3.8, 4) is 17.2 Å². The number of hydrazone groups is 1. The lowest BCUT2D eigenvalue weighted by Crippen LogP contribution is -2.41. The van der Waals surface area contributed by atoms with Gasteiger partial charge in [0.05, 0.1) is 45.1 Å². The number of fused-ring (bicyclic) bond motifs is 1. The van der Waals surface area contributed by atoms with Crippen LogP contribution in [0.25, 0.3) is 11.8 Å². The number of aromatic nitrogens is 1. The lowest BCUT2D eigenvalue weighted by Gasteiger charge is -2.26. The summed E-state index contributed by atoms with van der Waals surface area (Å²) >= 11 is 1.15. The van der Waals surface area contributed by atoms with Crippen molar-refractivity contribution in [2.24, 2.45) is 10.1 Å². The number of benzene rings is 1. The third kappa shape index (κ3) is 4.72. The van der Waals surface area contributed by atoms with Crippen LogP contribution in [0.1, 0.15) is 23.4 Å². The van der Waals surface area contributed by atoms with Crippen LogP contribution in [0.2, 0.25) is 0 Å². The van der Waals surface area contributed by atoms with Gasteiger partial charge in [0, 0.05) is 30.5 Å². The number of nitrogens with zero attached hydrogens (tertiary/aromatic N) is 5. The Morgan fingerprint density at radius 3 is 2.66 bits per heavy atom. The summed E-state index contributed by atoms with van der Waals surface area (Å²) in [5.41, 5.74) is 3.45. The van der Waals surface area contributed by atoms with Crippen LogP contribution in [0.4, 0.5) is 0 Å². The van der Waals surface area contributed by atoms with Gasteiger partial charge in [0.25, 0.3) is 5.91 Å². The molecule has 2 amide bonds. The molecule has 1 saturated heterocycles. The number of carbonyl (C=O) groups is 2. The second kappa shape index (κ2) is 10.5. The fourth-order valence-corrected chi connectivity index (χ4v) is 5.46. The Bertz CT molecular complexity index is 1420. The first kappa shape index (κ1) is 25.7. The van der Waals surface area contributed by atoms with Crippen LogP contribution in [0.5, 0.6) is 11.5 Å². The number of hydrogen-bond acceptors (Lipinski definition) is 8. The monoisotopic (exact) mass is 536 g/mol. The second-order valence-corrected chi connectivity index (χ2v) is 9.92. The SMILES string of the molecule is COc1ccc(OC)c(-n2c(C)cc(/C=C3/C(=N)N4N=C(CC(=O)N5CCOCC5)SC4=NC3=O)c2C)c1. The first-order valence-corrected chi connectivity index (χ1v) is 12.9. The van der Waals surface area contributed by atoms with E-state index in [1.54, 1.807) is 25.2 Å². The molecule has 1 aromatic carbocycles. The Morgan fingerprint density at radius 1 is 1.18 bits per heavy atom. The molecule has 1 fully saturated rings. The van der Waals surface area contributed by atoms with Crippen molar-refractivity contribution < 1.29 is 23.8 Å². The molecule has 4 heterocycles. The van der Waals surface area contributed by atoms with Crippen LogP contribution >= 0.6 is 11.8 Å². The zero-order valence-electron chi connectivity index (χ0n) is 21.6. The predicted octanol–water partition coefficient (Wildman–Crippen LogP) is 2.98. The van der Waals surface area contributed by atoms with Gasteiger partial charge in [-0.05, 0) is 55.4 Å². The number of aliphatic imine (C=N–C) groups is 1. The first-order chi connectivity index (χ1) is 18.3. The van der Waals surface area contributed by atoms with E-state index in [9.17, 15) is 9.59 Å². The minimum atomic E-state index is -0.520. The minimum Gasteiger partial charge on any atom is -0.497 e. The number of amides is 2. The van der Waals surface area contributed by atoms with Crippen molar-refractivity contribution in [1.82, 2.24) is 14.5 Å². The molecule has 5 rings (SSSR count). The molecule has 198 valence electrons. The average Bonchev–Trinajstić information content (AvgIpc) is 3.45. The van der Waals surface area contributed by atoms with E-state index in [0.29, 0.717) is 42.8 Å². The standard InChI is InChI=1S/C26H28N6O5S/c1-15-11-17(16(2)31(15)20-13-18(35-3)5-6-21(20)36-4)12-19-24(27)32-26(28-25(19)34)38-22(29-32)14-23(33)30-7-9-37-10-8-30/h5-6,11-13,27H,7-10,14H2,1-4H3/b19-12-,27-24?. The molecule has 11 nitrogen and oxygen atoms in total. The highest BCUT2D eigenvalue weighted by Gasteiger charge is 2.36. The highest BCUT2D eigenvalue weighted by atomic mass is 32.2. The molecular weight excluding hydrogens is 508 g/mol. The van der Waals surface area contributed by atoms with E-state index in [1.807, 2.05) is 42.7 Å². The molecule has 3 aliphatic heterocycles. The summed E-state index contributed by atoms with van der Waals surface area (Å²) in [5, 5.41) is 15.3. The molecule has 0 radical (unpaired) electrons. The third-order valence-electron chi connectivity index (χ3n) is 6.56. The maximum Gasteiger partial charge on any atom is 0.283 e.